The van der Waals surface area contributed by atoms with Crippen molar-refractivity contribution in [2.24, 2.45) is 0 Å². The molecule has 5 rings (SSSR count). The number of aryl methyl sites for hydroxylation is 1. The normalized spacial score (nSPS) is 15.8. The lowest BCUT2D eigenvalue weighted by Gasteiger charge is -2.36. The summed E-state index contributed by atoms with van der Waals surface area (Å²) in [5.41, 5.74) is 9.91. The van der Waals surface area contributed by atoms with Crippen molar-refractivity contribution in [2.45, 2.75) is 39.5 Å². The maximum Gasteiger partial charge on any atom is 0.163 e. The highest BCUT2D eigenvalue weighted by Crippen LogP contribution is 2.39. The van der Waals surface area contributed by atoms with Crippen molar-refractivity contribution in [2.75, 3.05) is 20.1 Å². The molecule has 0 saturated carbocycles. The number of hydrogen-bond acceptors (Lipinski definition) is 3. The van der Waals surface area contributed by atoms with Gasteiger partial charge in [-0.3, -0.25) is 4.40 Å². The SMILES string of the molecule is Cc1c(-c2[nH]c3ccc(C4CN(C)C4)cc3c2C(C)C)cn2cnnc2c1C. The first-order chi connectivity index (χ1) is 13.4. The maximum atomic E-state index is 4.27. The van der Waals surface area contributed by atoms with Crippen molar-refractivity contribution in [3.63, 3.8) is 0 Å². The fraction of sp³-hybridized carbons (Fsp3) is 0.391. The van der Waals surface area contributed by atoms with Gasteiger partial charge in [-0.05, 0) is 61.2 Å². The van der Waals surface area contributed by atoms with Crippen LogP contribution in [-0.2, 0) is 0 Å². The standard InChI is InChI=1S/C23H27N5/c1-13(2)21-18-8-16(17-9-27(5)10-17)6-7-20(18)25-22(21)19-11-28-12-24-26-23(28)15(4)14(19)3/h6-8,11-13,17,25H,9-10H2,1-5H3. The maximum absolute atomic E-state index is 4.27. The van der Waals surface area contributed by atoms with Gasteiger partial charge in [0.05, 0.1) is 5.69 Å². The van der Waals surface area contributed by atoms with Crippen molar-refractivity contribution in [1.29, 1.82) is 0 Å². The van der Waals surface area contributed by atoms with E-state index in [0.29, 0.717) is 11.8 Å². The third-order valence-corrected chi connectivity index (χ3v) is 6.39. The molecule has 28 heavy (non-hydrogen) atoms. The molecule has 1 fully saturated rings. The summed E-state index contributed by atoms with van der Waals surface area (Å²) in [5.74, 6) is 1.09. The summed E-state index contributed by atoms with van der Waals surface area (Å²) in [6.45, 7) is 11.2. The lowest BCUT2D eigenvalue weighted by molar-refractivity contribution is 0.190. The average molecular weight is 374 g/mol. The van der Waals surface area contributed by atoms with Crippen LogP contribution in [0.2, 0.25) is 0 Å². The van der Waals surface area contributed by atoms with Crippen LogP contribution >= 0.6 is 0 Å². The summed E-state index contributed by atoms with van der Waals surface area (Å²) in [7, 11) is 2.19. The predicted octanol–water partition coefficient (Wildman–Crippen LogP) is 4.65. The second-order valence-electron chi connectivity index (χ2n) is 8.65. The summed E-state index contributed by atoms with van der Waals surface area (Å²) < 4.78 is 2.03. The monoisotopic (exact) mass is 373 g/mol. The van der Waals surface area contributed by atoms with Crippen molar-refractivity contribution < 1.29 is 0 Å². The Morgan fingerprint density at radius 1 is 1.14 bits per heavy atom. The van der Waals surface area contributed by atoms with Crippen LogP contribution in [-0.4, -0.2) is 44.6 Å². The second kappa shape index (κ2) is 6.17. The molecule has 0 amide bonds. The van der Waals surface area contributed by atoms with Gasteiger partial charge in [-0.2, -0.15) is 0 Å². The van der Waals surface area contributed by atoms with Crippen molar-refractivity contribution >= 4 is 16.6 Å². The quantitative estimate of drug-likeness (QED) is 0.569. The van der Waals surface area contributed by atoms with E-state index < -0.39 is 0 Å². The molecule has 1 N–H and O–H groups in total. The third-order valence-electron chi connectivity index (χ3n) is 6.39. The minimum absolute atomic E-state index is 0.430. The van der Waals surface area contributed by atoms with Crippen molar-refractivity contribution in [3.05, 3.63) is 53.0 Å². The van der Waals surface area contributed by atoms with E-state index in [9.17, 15) is 0 Å². The number of rotatable bonds is 3. The molecule has 4 aromatic rings. The number of aromatic nitrogens is 4. The van der Waals surface area contributed by atoms with E-state index in [1.807, 2.05) is 4.40 Å². The van der Waals surface area contributed by atoms with Gasteiger partial charge in [-0.25, -0.2) is 0 Å². The highest BCUT2D eigenvalue weighted by atomic mass is 15.2. The van der Waals surface area contributed by atoms with Gasteiger partial charge in [0.1, 0.15) is 6.33 Å². The fourth-order valence-corrected chi connectivity index (χ4v) is 4.67. The molecular weight excluding hydrogens is 346 g/mol. The van der Waals surface area contributed by atoms with Gasteiger partial charge in [0.15, 0.2) is 5.65 Å². The summed E-state index contributed by atoms with van der Waals surface area (Å²) >= 11 is 0. The van der Waals surface area contributed by atoms with Crippen molar-refractivity contribution in [1.82, 2.24) is 24.5 Å². The lowest BCUT2D eigenvalue weighted by Crippen LogP contribution is -2.41. The number of benzene rings is 1. The van der Waals surface area contributed by atoms with Gasteiger partial charge in [-0.15, -0.1) is 10.2 Å². The molecule has 0 spiro atoms. The Bertz CT molecular complexity index is 1190. The summed E-state index contributed by atoms with van der Waals surface area (Å²) in [6.07, 6.45) is 3.95. The fourth-order valence-electron chi connectivity index (χ4n) is 4.67. The Labute approximate surface area is 165 Å². The molecular formula is C23H27N5. The smallest absolute Gasteiger partial charge is 0.163 e. The number of likely N-dealkylation sites (tertiary alicyclic amines) is 1. The van der Waals surface area contributed by atoms with E-state index in [-0.39, 0.29) is 0 Å². The zero-order chi connectivity index (χ0) is 19.6. The predicted molar refractivity (Wildman–Crippen MR) is 114 cm³/mol. The Hall–Kier alpha value is -2.66. The third kappa shape index (κ3) is 2.49. The van der Waals surface area contributed by atoms with Crippen LogP contribution < -0.4 is 0 Å². The van der Waals surface area contributed by atoms with E-state index in [0.717, 1.165) is 18.7 Å². The largest absolute Gasteiger partial charge is 0.354 e. The number of nitrogens with zero attached hydrogens (tertiary/aromatic N) is 4. The molecule has 0 unspecified atom stereocenters. The highest BCUT2D eigenvalue weighted by Gasteiger charge is 2.26. The minimum Gasteiger partial charge on any atom is -0.354 e. The van der Waals surface area contributed by atoms with Gasteiger partial charge in [0.2, 0.25) is 0 Å². The number of aromatic amines is 1. The van der Waals surface area contributed by atoms with E-state index >= 15 is 0 Å². The number of fused-ring (bicyclic) bond motifs is 2. The van der Waals surface area contributed by atoms with Gasteiger partial charge in [-0.1, -0.05) is 19.9 Å². The van der Waals surface area contributed by atoms with Crippen LogP contribution in [0.4, 0.5) is 0 Å². The molecule has 3 aromatic heterocycles. The topological polar surface area (TPSA) is 49.2 Å². The van der Waals surface area contributed by atoms with Crippen LogP contribution in [0.1, 0.15) is 47.9 Å². The van der Waals surface area contributed by atoms with E-state index in [1.165, 1.54) is 44.4 Å². The summed E-state index contributed by atoms with van der Waals surface area (Å²) in [5, 5.41) is 9.72. The number of hydrogen-bond donors (Lipinski definition) is 1. The zero-order valence-electron chi connectivity index (χ0n) is 17.2. The van der Waals surface area contributed by atoms with Crippen LogP contribution in [0, 0.1) is 13.8 Å². The first kappa shape index (κ1) is 17.4. The van der Waals surface area contributed by atoms with Gasteiger partial charge in [0.25, 0.3) is 0 Å². The molecule has 1 aliphatic rings. The molecule has 0 bridgehead atoms. The molecule has 1 aromatic carbocycles. The second-order valence-corrected chi connectivity index (χ2v) is 8.65. The summed E-state index contributed by atoms with van der Waals surface area (Å²) in [6, 6.07) is 6.98. The van der Waals surface area contributed by atoms with Gasteiger partial charge in [0, 0.05) is 41.7 Å². The first-order valence-electron chi connectivity index (χ1n) is 10.1. The Morgan fingerprint density at radius 3 is 2.64 bits per heavy atom. The van der Waals surface area contributed by atoms with Gasteiger partial charge < -0.3 is 9.88 Å². The molecule has 1 saturated heterocycles. The number of nitrogens with one attached hydrogen (secondary N) is 1. The number of H-pyrrole nitrogens is 1. The van der Waals surface area contributed by atoms with Crippen LogP contribution in [0.5, 0.6) is 0 Å². The number of pyridine rings is 1. The molecule has 5 heteroatoms. The van der Waals surface area contributed by atoms with Crippen molar-refractivity contribution in [3.8, 4) is 11.3 Å². The molecule has 144 valence electrons. The van der Waals surface area contributed by atoms with E-state index in [4.69, 9.17) is 0 Å². The van der Waals surface area contributed by atoms with Crippen LogP contribution in [0.15, 0.2) is 30.7 Å². The average Bonchev–Trinajstić information content (AvgIpc) is 3.25. The Balaban J connectivity index is 1.73. The zero-order valence-corrected chi connectivity index (χ0v) is 17.2. The highest BCUT2D eigenvalue weighted by molar-refractivity contribution is 5.92. The molecule has 5 nitrogen and oxygen atoms in total. The Morgan fingerprint density at radius 2 is 1.93 bits per heavy atom. The minimum atomic E-state index is 0.430. The molecule has 0 radical (unpaired) electrons. The molecule has 1 aliphatic heterocycles. The van der Waals surface area contributed by atoms with Gasteiger partial charge >= 0.3 is 0 Å². The number of likely N-dealkylation sites (N-methyl/N-ethyl adjacent to an activating group) is 1. The Kier molecular flexibility index (Phi) is 3.85. The van der Waals surface area contributed by atoms with E-state index in [2.05, 4.69) is 79.2 Å². The van der Waals surface area contributed by atoms with Crippen LogP contribution in [0.3, 0.4) is 0 Å². The molecule has 0 aliphatic carbocycles. The first-order valence-corrected chi connectivity index (χ1v) is 10.1. The summed E-state index contributed by atoms with van der Waals surface area (Å²) in [4.78, 5) is 6.11. The lowest BCUT2D eigenvalue weighted by atomic mass is 9.89. The van der Waals surface area contributed by atoms with E-state index in [1.54, 1.807) is 6.33 Å². The molecule has 0 atom stereocenters. The molecule has 4 heterocycles. The van der Waals surface area contributed by atoms with Crippen LogP contribution in [0.25, 0.3) is 27.8 Å².